The highest BCUT2D eigenvalue weighted by molar-refractivity contribution is 7.92. The van der Waals surface area contributed by atoms with Crippen molar-refractivity contribution in [2.75, 3.05) is 11.0 Å². The molecule has 0 aliphatic heterocycles. The van der Waals surface area contributed by atoms with E-state index in [0.29, 0.717) is 5.69 Å². The Balaban J connectivity index is 2.18. The molecule has 0 fully saturated rings. The van der Waals surface area contributed by atoms with Crippen LogP contribution in [0.25, 0.3) is 0 Å². The van der Waals surface area contributed by atoms with Crippen LogP contribution >= 0.6 is 7.92 Å². The zero-order valence-corrected chi connectivity index (χ0v) is 15.0. The molecule has 0 spiro atoms. The second-order valence-corrected chi connectivity index (χ2v) is 9.33. The molecular weight excluding hydrogens is 337 g/mol. The second kappa shape index (κ2) is 7.16. The topological polar surface area (TPSA) is 46.2 Å². The highest BCUT2D eigenvalue weighted by Gasteiger charge is 2.20. The first-order valence-corrected chi connectivity index (χ1v) is 10.7. The number of hydrogen-bond acceptors (Lipinski definition) is 2. The summed E-state index contributed by atoms with van der Waals surface area (Å²) in [6.45, 7) is 0. The lowest BCUT2D eigenvalue weighted by atomic mass is 10.3. The van der Waals surface area contributed by atoms with Gasteiger partial charge in [-0.15, -0.1) is 0 Å². The summed E-state index contributed by atoms with van der Waals surface area (Å²) in [6, 6.07) is 28.0. The molecule has 0 atom stereocenters. The minimum Gasteiger partial charge on any atom is -0.283 e. The van der Waals surface area contributed by atoms with Gasteiger partial charge < -0.3 is 0 Å². The van der Waals surface area contributed by atoms with Crippen molar-refractivity contribution in [2.24, 2.45) is 0 Å². The van der Waals surface area contributed by atoms with Crippen molar-refractivity contribution in [3.63, 3.8) is 0 Å². The number of hydrogen-bond donors (Lipinski definition) is 1. The van der Waals surface area contributed by atoms with Crippen molar-refractivity contribution in [2.45, 2.75) is 0 Å². The lowest BCUT2D eigenvalue weighted by molar-refractivity contribution is 0.607. The van der Waals surface area contributed by atoms with Gasteiger partial charge in [0.15, 0.2) is 0 Å². The van der Waals surface area contributed by atoms with Crippen LogP contribution in [0, 0.1) is 0 Å². The second-order valence-electron chi connectivity index (χ2n) is 5.40. The van der Waals surface area contributed by atoms with Crippen LogP contribution in [0.15, 0.2) is 84.9 Å². The van der Waals surface area contributed by atoms with E-state index in [-0.39, 0.29) is 0 Å². The molecule has 0 amide bonds. The van der Waals surface area contributed by atoms with Gasteiger partial charge in [-0.2, -0.15) is 0 Å². The van der Waals surface area contributed by atoms with Crippen molar-refractivity contribution >= 4 is 39.5 Å². The van der Waals surface area contributed by atoms with E-state index in [1.54, 1.807) is 0 Å². The van der Waals surface area contributed by atoms with Crippen LogP contribution in [0.1, 0.15) is 0 Å². The molecule has 0 radical (unpaired) electrons. The Morgan fingerprint density at radius 2 is 1.17 bits per heavy atom. The molecule has 0 saturated carbocycles. The van der Waals surface area contributed by atoms with E-state index in [9.17, 15) is 8.42 Å². The van der Waals surface area contributed by atoms with Crippen molar-refractivity contribution in [1.29, 1.82) is 0 Å². The summed E-state index contributed by atoms with van der Waals surface area (Å²) in [6.07, 6.45) is 1.18. The first-order valence-electron chi connectivity index (χ1n) is 7.52. The van der Waals surface area contributed by atoms with Gasteiger partial charge in [0, 0.05) is 5.30 Å². The van der Waals surface area contributed by atoms with Gasteiger partial charge in [0.1, 0.15) is 0 Å². The average Bonchev–Trinajstić information content (AvgIpc) is 2.57. The van der Waals surface area contributed by atoms with E-state index in [1.165, 1.54) is 16.9 Å². The Kier molecular flexibility index (Phi) is 4.98. The predicted molar refractivity (Wildman–Crippen MR) is 104 cm³/mol. The molecule has 3 aromatic carbocycles. The lowest BCUT2D eigenvalue weighted by Gasteiger charge is -2.22. The Labute approximate surface area is 144 Å². The predicted octanol–water partition coefficient (Wildman–Crippen LogP) is 2.82. The van der Waals surface area contributed by atoms with E-state index in [2.05, 4.69) is 29.0 Å². The zero-order chi connectivity index (χ0) is 17.0. The minimum absolute atomic E-state index is 0.638. The van der Waals surface area contributed by atoms with Crippen LogP contribution in [0.2, 0.25) is 0 Å². The molecule has 0 bridgehead atoms. The molecular formula is C19H18NO2PS. The van der Waals surface area contributed by atoms with Gasteiger partial charge in [-0.25, -0.2) is 8.42 Å². The highest BCUT2D eigenvalue weighted by atomic mass is 32.2. The van der Waals surface area contributed by atoms with Crippen molar-refractivity contribution in [1.82, 2.24) is 0 Å². The molecule has 122 valence electrons. The van der Waals surface area contributed by atoms with Gasteiger partial charge in [0.2, 0.25) is 10.0 Å². The fourth-order valence-electron chi connectivity index (χ4n) is 2.54. The third-order valence-electron chi connectivity index (χ3n) is 3.47. The van der Waals surface area contributed by atoms with E-state index < -0.39 is 17.9 Å². The van der Waals surface area contributed by atoms with Crippen LogP contribution in [-0.2, 0) is 10.0 Å². The molecule has 0 unspecified atom stereocenters. The maximum atomic E-state index is 11.7. The highest BCUT2D eigenvalue weighted by Crippen LogP contribution is 2.35. The number of rotatable bonds is 5. The number of nitrogens with one attached hydrogen (secondary N) is 1. The summed E-state index contributed by atoms with van der Waals surface area (Å²) in [5, 5.41) is 3.36. The molecule has 0 aromatic heterocycles. The summed E-state index contributed by atoms with van der Waals surface area (Å²) < 4.78 is 26.1. The summed E-state index contributed by atoms with van der Waals surface area (Å²) in [4.78, 5) is 0. The normalized spacial score (nSPS) is 11.4. The first-order chi connectivity index (χ1) is 11.5. The number of para-hydroxylation sites is 1. The molecule has 3 rings (SSSR count). The van der Waals surface area contributed by atoms with Crippen LogP contribution in [0.3, 0.4) is 0 Å². The largest absolute Gasteiger partial charge is 0.283 e. The number of sulfonamides is 1. The molecule has 0 aliphatic carbocycles. The van der Waals surface area contributed by atoms with Crippen LogP contribution in [0.5, 0.6) is 0 Å². The van der Waals surface area contributed by atoms with E-state index in [1.807, 2.05) is 60.7 Å². The summed E-state index contributed by atoms with van der Waals surface area (Å²) in [7, 11) is -4.18. The van der Waals surface area contributed by atoms with Crippen LogP contribution in [-0.4, -0.2) is 14.7 Å². The Morgan fingerprint density at radius 3 is 1.67 bits per heavy atom. The van der Waals surface area contributed by atoms with Crippen molar-refractivity contribution in [3.8, 4) is 0 Å². The maximum absolute atomic E-state index is 11.7. The lowest BCUT2D eigenvalue weighted by Crippen LogP contribution is -2.24. The molecule has 1 N–H and O–H groups in total. The summed E-state index contributed by atoms with van der Waals surface area (Å²) in [5.41, 5.74) is 0.638. The third kappa shape index (κ3) is 4.02. The quantitative estimate of drug-likeness (QED) is 0.716. The Morgan fingerprint density at radius 1 is 0.708 bits per heavy atom. The third-order valence-corrected chi connectivity index (χ3v) is 6.56. The van der Waals surface area contributed by atoms with Crippen molar-refractivity contribution < 1.29 is 8.42 Å². The standard InChI is InChI=1S/C19H18NO2PS/c1-24(21,22)20-18-14-8-9-15-19(18)23(16-10-4-2-5-11-16)17-12-6-3-7-13-17/h2-15,20H,1H3. The van der Waals surface area contributed by atoms with Gasteiger partial charge >= 0.3 is 0 Å². The smallest absolute Gasteiger partial charge is 0.229 e. The molecule has 24 heavy (non-hydrogen) atoms. The zero-order valence-electron chi connectivity index (χ0n) is 13.3. The first kappa shape index (κ1) is 16.7. The molecule has 3 nitrogen and oxygen atoms in total. The van der Waals surface area contributed by atoms with E-state index in [0.717, 1.165) is 5.30 Å². The van der Waals surface area contributed by atoms with Gasteiger partial charge in [-0.05, 0) is 24.6 Å². The van der Waals surface area contributed by atoms with Crippen LogP contribution in [0.4, 0.5) is 5.69 Å². The monoisotopic (exact) mass is 355 g/mol. The van der Waals surface area contributed by atoms with Gasteiger partial charge in [-0.1, -0.05) is 78.9 Å². The minimum atomic E-state index is -3.34. The number of anilines is 1. The van der Waals surface area contributed by atoms with E-state index >= 15 is 0 Å². The molecule has 3 aromatic rings. The molecule has 0 aliphatic rings. The van der Waals surface area contributed by atoms with Crippen molar-refractivity contribution in [3.05, 3.63) is 84.9 Å². The summed E-state index contributed by atoms with van der Waals surface area (Å²) in [5.74, 6) is 0. The number of benzene rings is 3. The fourth-order valence-corrected chi connectivity index (χ4v) is 5.59. The summed E-state index contributed by atoms with van der Waals surface area (Å²) >= 11 is 0. The van der Waals surface area contributed by atoms with Gasteiger partial charge in [0.25, 0.3) is 0 Å². The van der Waals surface area contributed by atoms with Gasteiger partial charge in [-0.3, -0.25) is 4.72 Å². The Hall–Kier alpha value is -2.16. The Bertz CT molecular complexity index is 873. The maximum Gasteiger partial charge on any atom is 0.229 e. The molecule has 0 saturated heterocycles. The van der Waals surface area contributed by atoms with E-state index in [4.69, 9.17) is 0 Å². The average molecular weight is 355 g/mol. The fraction of sp³-hybridized carbons (Fsp3) is 0.0526. The molecule has 0 heterocycles. The van der Waals surface area contributed by atoms with Gasteiger partial charge in [0.05, 0.1) is 11.9 Å². The molecule has 5 heteroatoms. The SMILES string of the molecule is CS(=O)(=O)Nc1ccccc1P(c1ccccc1)c1ccccc1. The van der Waals surface area contributed by atoms with Crippen LogP contribution < -0.4 is 20.6 Å².